The molecule has 5 heteroatoms. The average Bonchev–Trinajstić information content (AvgIpc) is 2.39. The summed E-state index contributed by atoms with van der Waals surface area (Å²) in [6.07, 6.45) is 0. The van der Waals surface area contributed by atoms with Gasteiger partial charge >= 0.3 is 0 Å². The van der Waals surface area contributed by atoms with Crippen LogP contribution in [0.1, 0.15) is 29.7 Å². The topological polar surface area (TPSA) is 12.0 Å². The maximum Gasteiger partial charge on any atom is 0.128 e. The first kappa shape index (κ1) is 16.2. The minimum Gasteiger partial charge on any atom is -0.306 e. The van der Waals surface area contributed by atoms with Gasteiger partial charge in [-0.3, -0.25) is 0 Å². The number of hydrogen-bond acceptors (Lipinski definition) is 1. The third-order valence-corrected chi connectivity index (χ3v) is 3.65. The molecular formula is C16H15Cl2F2N. The Labute approximate surface area is 132 Å². The fourth-order valence-electron chi connectivity index (χ4n) is 2.24. The van der Waals surface area contributed by atoms with E-state index in [1.54, 1.807) is 18.2 Å². The third-order valence-electron chi connectivity index (χ3n) is 3.22. The summed E-state index contributed by atoms with van der Waals surface area (Å²) in [5.41, 5.74) is 1.20. The first-order valence-electron chi connectivity index (χ1n) is 6.57. The van der Waals surface area contributed by atoms with Gasteiger partial charge in [0.05, 0.1) is 6.04 Å². The SMILES string of the molecule is CCNC(c1cc(Cl)cc(Cl)c1)c1cc(F)c(C)cc1F. The molecule has 0 saturated heterocycles. The molecule has 0 aromatic heterocycles. The van der Waals surface area contributed by atoms with E-state index in [1.807, 2.05) is 6.92 Å². The largest absolute Gasteiger partial charge is 0.306 e. The van der Waals surface area contributed by atoms with Gasteiger partial charge in [0.25, 0.3) is 0 Å². The lowest BCUT2D eigenvalue weighted by Gasteiger charge is -2.20. The molecule has 0 aliphatic carbocycles. The normalized spacial score (nSPS) is 12.5. The lowest BCUT2D eigenvalue weighted by Crippen LogP contribution is -2.23. The highest BCUT2D eigenvalue weighted by molar-refractivity contribution is 6.34. The zero-order valence-electron chi connectivity index (χ0n) is 11.7. The summed E-state index contributed by atoms with van der Waals surface area (Å²) in [6, 6.07) is 6.88. The molecule has 0 fully saturated rings. The van der Waals surface area contributed by atoms with Crippen molar-refractivity contribution in [1.29, 1.82) is 0 Å². The van der Waals surface area contributed by atoms with Gasteiger partial charge in [0, 0.05) is 15.6 Å². The van der Waals surface area contributed by atoms with Crippen LogP contribution in [-0.4, -0.2) is 6.54 Å². The van der Waals surface area contributed by atoms with Crippen LogP contribution in [0, 0.1) is 18.6 Å². The van der Waals surface area contributed by atoms with E-state index in [9.17, 15) is 8.78 Å². The van der Waals surface area contributed by atoms with Crippen molar-refractivity contribution in [2.24, 2.45) is 0 Å². The summed E-state index contributed by atoms with van der Waals surface area (Å²) in [6.45, 7) is 4.01. The smallest absolute Gasteiger partial charge is 0.128 e. The molecule has 1 unspecified atom stereocenters. The Balaban J connectivity index is 2.55. The van der Waals surface area contributed by atoms with Crippen LogP contribution in [0.4, 0.5) is 8.78 Å². The Bertz CT molecular complexity index is 639. The number of nitrogens with one attached hydrogen (secondary N) is 1. The molecule has 0 aliphatic heterocycles. The molecule has 0 radical (unpaired) electrons. The molecule has 0 bridgehead atoms. The van der Waals surface area contributed by atoms with Crippen molar-refractivity contribution in [3.8, 4) is 0 Å². The molecule has 112 valence electrons. The molecular weight excluding hydrogens is 315 g/mol. The van der Waals surface area contributed by atoms with E-state index in [2.05, 4.69) is 5.32 Å². The van der Waals surface area contributed by atoms with Crippen molar-refractivity contribution in [3.05, 3.63) is 68.7 Å². The van der Waals surface area contributed by atoms with E-state index < -0.39 is 17.7 Å². The molecule has 0 heterocycles. The second kappa shape index (κ2) is 6.73. The number of rotatable bonds is 4. The standard InChI is InChI=1S/C16H15Cl2F2N/c1-3-21-16(10-5-11(17)7-12(18)6-10)13-8-14(19)9(2)4-15(13)20/h4-8,16,21H,3H2,1-2H3. The summed E-state index contributed by atoms with van der Waals surface area (Å²) in [5.74, 6) is -0.904. The van der Waals surface area contributed by atoms with Gasteiger partial charge in [-0.25, -0.2) is 8.78 Å². The van der Waals surface area contributed by atoms with E-state index in [1.165, 1.54) is 19.1 Å². The van der Waals surface area contributed by atoms with Gasteiger partial charge in [-0.15, -0.1) is 0 Å². The fraction of sp³-hybridized carbons (Fsp3) is 0.250. The molecule has 2 aromatic carbocycles. The van der Waals surface area contributed by atoms with Crippen LogP contribution in [0.3, 0.4) is 0 Å². The van der Waals surface area contributed by atoms with Crippen LogP contribution in [0.5, 0.6) is 0 Å². The van der Waals surface area contributed by atoms with Crippen molar-refractivity contribution in [2.45, 2.75) is 19.9 Å². The first-order chi connectivity index (χ1) is 9.92. The van der Waals surface area contributed by atoms with Crippen molar-refractivity contribution in [3.63, 3.8) is 0 Å². The van der Waals surface area contributed by atoms with Gasteiger partial charge in [-0.05, 0) is 54.9 Å². The highest BCUT2D eigenvalue weighted by Gasteiger charge is 2.19. The van der Waals surface area contributed by atoms with Crippen molar-refractivity contribution in [1.82, 2.24) is 5.32 Å². The van der Waals surface area contributed by atoms with Gasteiger partial charge in [-0.1, -0.05) is 30.1 Å². The molecule has 0 saturated carbocycles. The van der Waals surface area contributed by atoms with Gasteiger partial charge in [0.1, 0.15) is 11.6 Å². The van der Waals surface area contributed by atoms with Crippen LogP contribution in [-0.2, 0) is 0 Å². The highest BCUT2D eigenvalue weighted by atomic mass is 35.5. The lowest BCUT2D eigenvalue weighted by molar-refractivity contribution is 0.541. The highest BCUT2D eigenvalue weighted by Crippen LogP contribution is 2.30. The maximum atomic E-state index is 14.2. The predicted molar refractivity (Wildman–Crippen MR) is 83.1 cm³/mol. The first-order valence-corrected chi connectivity index (χ1v) is 7.33. The second-order valence-electron chi connectivity index (χ2n) is 4.82. The molecule has 1 atom stereocenters. The quantitative estimate of drug-likeness (QED) is 0.804. The van der Waals surface area contributed by atoms with Crippen LogP contribution in [0.25, 0.3) is 0 Å². The van der Waals surface area contributed by atoms with Crippen LogP contribution in [0.15, 0.2) is 30.3 Å². The average molecular weight is 330 g/mol. The van der Waals surface area contributed by atoms with Gasteiger partial charge in [0.2, 0.25) is 0 Å². The zero-order chi connectivity index (χ0) is 15.6. The summed E-state index contributed by atoms with van der Waals surface area (Å²) < 4.78 is 28.0. The van der Waals surface area contributed by atoms with Crippen LogP contribution >= 0.6 is 23.2 Å². The number of benzene rings is 2. The van der Waals surface area contributed by atoms with E-state index in [0.29, 0.717) is 22.2 Å². The number of halogens is 4. The van der Waals surface area contributed by atoms with E-state index in [4.69, 9.17) is 23.2 Å². The summed E-state index contributed by atoms with van der Waals surface area (Å²) in [7, 11) is 0. The molecule has 1 nitrogen and oxygen atoms in total. The number of hydrogen-bond donors (Lipinski definition) is 1. The Morgan fingerprint density at radius 2 is 1.62 bits per heavy atom. The van der Waals surface area contributed by atoms with Gasteiger partial charge in [0.15, 0.2) is 0 Å². The fourth-order valence-corrected chi connectivity index (χ4v) is 2.78. The van der Waals surface area contributed by atoms with E-state index in [-0.39, 0.29) is 11.1 Å². The second-order valence-corrected chi connectivity index (χ2v) is 5.69. The molecule has 21 heavy (non-hydrogen) atoms. The third kappa shape index (κ3) is 3.73. The van der Waals surface area contributed by atoms with Crippen LogP contribution in [0.2, 0.25) is 10.0 Å². The van der Waals surface area contributed by atoms with E-state index in [0.717, 1.165) is 0 Å². The molecule has 0 aliphatic rings. The van der Waals surface area contributed by atoms with Crippen molar-refractivity contribution < 1.29 is 8.78 Å². The molecule has 0 spiro atoms. The van der Waals surface area contributed by atoms with Gasteiger partial charge < -0.3 is 5.32 Å². The van der Waals surface area contributed by atoms with Gasteiger partial charge in [-0.2, -0.15) is 0 Å². The Morgan fingerprint density at radius 3 is 2.19 bits per heavy atom. The molecule has 1 N–H and O–H groups in total. The van der Waals surface area contributed by atoms with Crippen molar-refractivity contribution >= 4 is 23.2 Å². The minimum atomic E-state index is -0.513. The minimum absolute atomic E-state index is 0.235. The zero-order valence-corrected chi connectivity index (χ0v) is 13.2. The Hall–Kier alpha value is -1.16. The maximum absolute atomic E-state index is 14.2. The monoisotopic (exact) mass is 329 g/mol. The summed E-state index contributed by atoms with van der Waals surface area (Å²) in [4.78, 5) is 0. The Kier molecular flexibility index (Phi) is 5.20. The number of aryl methyl sites for hydroxylation is 1. The van der Waals surface area contributed by atoms with E-state index >= 15 is 0 Å². The molecule has 2 aromatic rings. The van der Waals surface area contributed by atoms with Crippen LogP contribution < -0.4 is 5.32 Å². The molecule has 2 rings (SSSR count). The Morgan fingerprint density at radius 1 is 1.00 bits per heavy atom. The van der Waals surface area contributed by atoms with Crippen molar-refractivity contribution in [2.75, 3.05) is 6.54 Å². The summed E-state index contributed by atoms with van der Waals surface area (Å²) in [5, 5.41) is 4.04. The predicted octanol–water partition coefficient (Wildman–Crippen LogP) is 5.28. The lowest BCUT2D eigenvalue weighted by atomic mass is 9.97. The summed E-state index contributed by atoms with van der Waals surface area (Å²) >= 11 is 12.0. The molecule has 0 amide bonds.